The smallest absolute Gasteiger partial charge is 0.354 e. The first-order valence-electron chi connectivity index (χ1n) is 3.41. The second-order valence-corrected chi connectivity index (χ2v) is 2.34. The van der Waals surface area contributed by atoms with E-state index in [2.05, 4.69) is 19.7 Å². The fourth-order valence-corrected chi connectivity index (χ4v) is 1.04. The van der Waals surface area contributed by atoms with Crippen molar-refractivity contribution in [3.05, 3.63) is 18.1 Å². The van der Waals surface area contributed by atoms with Gasteiger partial charge in [-0.05, 0) is 6.07 Å². The molecule has 0 bridgehead atoms. The van der Waals surface area contributed by atoms with Crippen LogP contribution in [0.25, 0.3) is 11.2 Å². The number of aromatic nitrogens is 3. The predicted octanol–water partition coefficient (Wildman–Crippen LogP) is 0.678. The van der Waals surface area contributed by atoms with Gasteiger partial charge in [-0.1, -0.05) is 0 Å². The number of aromatic amines is 2. The largest absolute Gasteiger partial charge is 0.464 e. The Morgan fingerprint density at radius 3 is 3.17 bits per heavy atom. The first kappa shape index (κ1) is 6.90. The van der Waals surface area contributed by atoms with Crippen molar-refractivity contribution in [3.8, 4) is 0 Å². The zero-order valence-electron chi connectivity index (χ0n) is 6.42. The first-order valence-corrected chi connectivity index (χ1v) is 3.41. The molecule has 0 aliphatic carbocycles. The van der Waals surface area contributed by atoms with E-state index in [1.165, 1.54) is 7.11 Å². The van der Waals surface area contributed by atoms with Crippen molar-refractivity contribution in [2.24, 2.45) is 0 Å². The number of carbonyl (C=O) groups is 1. The number of carbonyl (C=O) groups excluding carboxylic acids is 1. The van der Waals surface area contributed by atoms with E-state index in [1.54, 1.807) is 12.4 Å². The van der Waals surface area contributed by atoms with Gasteiger partial charge in [0.05, 0.1) is 19.0 Å². The van der Waals surface area contributed by atoms with E-state index < -0.39 is 0 Å². The van der Waals surface area contributed by atoms with Crippen LogP contribution in [0.2, 0.25) is 0 Å². The molecule has 0 aromatic carbocycles. The Bertz CT molecular complexity index is 386. The van der Waals surface area contributed by atoms with Crippen LogP contribution in [0.1, 0.15) is 10.5 Å². The topological polar surface area (TPSA) is 70.8 Å². The van der Waals surface area contributed by atoms with Crippen LogP contribution in [0.5, 0.6) is 0 Å². The fourth-order valence-electron chi connectivity index (χ4n) is 1.04. The summed E-state index contributed by atoms with van der Waals surface area (Å²) < 4.78 is 4.52. The van der Waals surface area contributed by atoms with Gasteiger partial charge in [-0.3, -0.25) is 0 Å². The second-order valence-electron chi connectivity index (χ2n) is 2.34. The molecule has 0 saturated carbocycles. The van der Waals surface area contributed by atoms with Gasteiger partial charge in [0.25, 0.3) is 0 Å². The van der Waals surface area contributed by atoms with Gasteiger partial charge in [0.1, 0.15) is 5.69 Å². The minimum Gasteiger partial charge on any atom is -0.464 e. The molecular weight excluding hydrogens is 158 g/mol. The van der Waals surface area contributed by atoms with Gasteiger partial charge in [0, 0.05) is 0 Å². The van der Waals surface area contributed by atoms with E-state index in [1.807, 2.05) is 0 Å². The number of esters is 1. The summed E-state index contributed by atoms with van der Waals surface area (Å²) in [5.41, 5.74) is 1.87. The minimum absolute atomic E-state index is 0.388. The minimum atomic E-state index is -0.388. The van der Waals surface area contributed by atoms with Gasteiger partial charge in [-0.25, -0.2) is 9.78 Å². The number of fused-ring (bicyclic) bond motifs is 1. The van der Waals surface area contributed by atoms with Gasteiger partial charge >= 0.3 is 5.97 Å². The third kappa shape index (κ3) is 0.868. The van der Waals surface area contributed by atoms with E-state index in [0.717, 1.165) is 5.52 Å². The number of nitrogens with zero attached hydrogens (tertiary/aromatic N) is 1. The number of hydrogen-bond acceptors (Lipinski definition) is 3. The molecule has 0 radical (unpaired) electrons. The summed E-state index contributed by atoms with van der Waals surface area (Å²) in [5, 5.41) is 0. The van der Waals surface area contributed by atoms with E-state index >= 15 is 0 Å². The SMILES string of the molecule is COC(=O)c1cc2[nH]cnc2[nH]1. The molecule has 2 N–H and O–H groups in total. The zero-order chi connectivity index (χ0) is 8.55. The van der Waals surface area contributed by atoms with Gasteiger partial charge in [-0.2, -0.15) is 0 Å². The Labute approximate surface area is 67.8 Å². The van der Waals surface area contributed by atoms with Crippen molar-refractivity contribution >= 4 is 17.1 Å². The molecule has 5 heteroatoms. The molecule has 0 saturated heterocycles. The van der Waals surface area contributed by atoms with Gasteiger partial charge in [0.15, 0.2) is 5.65 Å². The third-order valence-corrected chi connectivity index (χ3v) is 1.62. The van der Waals surface area contributed by atoms with Crippen molar-refractivity contribution in [1.29, 1.82) is 0 Å². The van der Waals surface area contributed by atoms with Crippen molar-refractivity contribution < 1.29 is 9.53 Å². The number of nitrogens with one attached hydrogen (secondary N) is 2. The average Bonchev–Trinajstić information content (AvgIpc) is 2.60. The van der Waals surface area contributed by atoms with Crippen LogP contribution in [-0.4, -0.2) is 28.0 Å². The molecule has 2 rings (SSSR count). The van der Waals surface area contributed by atoms with E-state index in [9.17, 15) is 4.79 Å². The highest BCUT2D eigenvalue weighted by Gasteiger charge is 2.09. The van der Waals surface area contributed by atoms with Gasteiger partial charge < -0.3 is 14.7 Å². The number of ether oxygens (including phenoxy) is 1. The van der Waals surface area contributed by atoms with Crippen molar-refractivity contribution in [1.82, 2.24) is 15.0 Å². The molecule has 0 fully saturated rings. The van der Waals surface area contributed by atoms with Gasteiger partial charge in [0.2, 0.25) is 0 Å². The van der Waals surface area contributed by atoms with E-state index in [-0.39, 0.29) is 5.97 Å². The monoisotopic (exact) mass is 165 g/mol. The van der Waals surface area contributed by atoms with Crippen LogP contribution >= 0.6 is 0 Å². The maximum atomic E-state index is 11.0. The molecule has 5 nitrogen and oxygen atoms in total. The van der Waals surface area contributed by atoms with Crippen molar-refractivity contribution in [2.45, 2.75) is 0 Å². The number of H-pyrrole nitrogens is 2. The molecule has 0 atom stereocenters. The molecular formula is C7H7N3O2. The Kier molecular flexibility index (Phi) is 1.36. The number of imidazole rings is 1. The molecule has 0 aliphatic heterocycles. The molecule has 62 valence electrons. The summed E-state index contributed by atoms with van der Waals surface area (Å²) >= 11 is 0. The highest BCUT2D eigenvalue weighted by molar-refractivity contribution is 5.92. The second kappa shape index (κ2) is 2.37. The Morgan fingerprint density at radius 1 is 1.67 bits per heavy atom. The number of hydrogen-bond donors (Lipinski definition) is 2. The molecule has 0 unspecified atom stereocenters. The first-order chi connectivity index (χ1) is 5.81. The lowest BCUT2D eigenvalue weighted by molar-refractivity contribution is 0.0595. The molecule has 12 heavy (non-hydrogen) atoms. The van der Waals surface area contributed by atoms with Crippen LogP contribution in [-0.2, 0) is 4.74 Å². The highest BCUT2D eigenvalue weighted by atomic mass is 16.5. The van der Waals surface area contributed by atoms with E-state index in [4.69, 9.17) is 0 Å². The molecule has 0 aliphatic rings. The Hall–Kier alpha value is -1.78. The summed E-state index contributed by atoms with van der Waals surface area (Å²) in [4.78, 5) is 20.6. The molecule has 0 amide bonds. The summed E-state index contributed by atoms with van der Waals surface area (Å²) in [7, 11) is 1.34. The fraction of sp³-hybridized carbons (Fsp3) is 0.143. The standard InChI is InChI=1S/C7H7N3O2/c1-12-7(11)5-2-4-6(10-5)9-3-8-4/h2-3,10H,1H3,(H,8,9). The molecule has 2 aromatic heterocycles. The van der Waals surface area contributed by atoms with Crippen LogP contribution in [0, 0.1) is 0 Å². The quantitative estimate of drug-likeness (QED) is 0.610. The third-order valence-electron chi connectivity index (χ3n) is 1.62. The number of methoxy groups -OCH3 is 1. The zero-order valence-corrected chi connectivity index (χ0v) is 6.42. The van der Waals surface area contributed by atoms with Crippen molar-refractivity contribution in [3.63, 3.8) is 0 Å². The van der Waals surface area contributed by atoms with Crippen molar-refractivity contribution in [2.75, 3.05) is 7.11 Å². The van der Waals surface area contributed by atoms with Gasteiger partial charge in [-0.15, -0.1) is 0 Å². The number of rotatable bonds is 1. The molecule has 0 spiro atoms. The maximum Gasteiger partial charge on any atom is 0.354 e. The van der Waals surface area contributed by atoms with Crippen LogP contribution < -0.4 is 0 Å². The summed E-state index contributed by atoms with van der Waals surface area (Å²) in [6, 6.07) is 1.66. The lowest BCUT2D eigenvalue weighted by Gasteiger charge is -1.91. The Morgan fingerprint density at radius 2 is 2.50 bits per heavy atom. The van der Waals surface area contributed by atoms with Crippen LogP contribution in [0.4, 0.5) is 0 Å². The Balaban J connectivity index is 2.51. The highest BCUT2D eigenvalue weighted by Crippen LogP contribution is 2.10. The summed E-state index contributed by atoms with van der Waals surface area (Å²) in [5.74, 6) is -0.388. The molecule has 2 heterocycles. The lowest BCUT2D eigenvalue weighted by Crippen LogP contribution is -2.00. The van der Waals surface area contributed by atoms with E-state index in [0.29, 0.717) is 11.3 Å². The normalized spacial score (nSPS) is 10.4. The molecule has 2 aromatic rings. The van der Waals surface area contributed by atoms with Crippen LogP contribution in [0.3, 0.4) is 0 Å². The van der Waals surface area contributed by atoms with Crippen LogP contribution in [0.15, 0.2) is 12.4 Å². The lowest BCUT2D eigenvalue weighted by atomic mass is 10.4. The predicted molar refractivity (Wildman–Crippen MR) is 41.8 cm³/mol. The average molecular weight is 165 g/mol. The summed E-state index contributed by atoms with van der Waals surface area (Å²) in [6.45, 7) is 0. The summed E-state index contributed by atoms with van der Waals surface area (Å²) in [6.07, 6.45) is 1.56. The maximum absolute atomic E-state index is 11.0.